The highest BCUT2D eigenvalue weighted by molar-refractivity contribution is 5.93. The molecule has 3 rings (SSSR count). The summed E-state index contributed by atoms with van der Waals surface area (Å²) in [6.07, 6.45) is 3.05. The molecule has 1 saturated heterocycles. The fourth-order valence-electron chi connectivity index (χ4n) is 3.03. The van der Waals surface area contributed by atoms with Gasteiger partial charge in [0, 0.05) is 5.92 Å². The van der Waals surface area contributed by atoms with E-state index in [1.807, 2.05) is 0 Å². The first kappa shape index (κ1) is 16.7. The van der Waals surface area contributed by atoms with Crippen molar-refractivity contribution in [1.29, 1.82) is 0 Å². The van der Waals surface area contributed by atoms with Crippen molar-refractivity contribution in [1.82, 2.24) is 20.5 Å². The van der Waals surface area contributed by atoms with Crippen LogP contribution in [0.4, 0.5) is 5.95 Å². The van der Waals surface area contributed by atoms with Gasteiger partial charge in [-0.05, 0) is 37.8 Å². The van der Waals surface area contributed by atoms with Crippen LogP contribution in [0.5, 0.6) is 0 Å². The van der Waals surface area contributed by atoms with E-state index < -0.39 is 5.97 Å². The standard InChI is InChI=1S/C13H19N5O3.ClH/c1-21-10(19)6-9-15-12(18-17-9)16-11(20)8-7-13(8)2-4-14-5-3-13;/h8,14H,2-7H2,1H3,(H2,15,16,17,18,20);1H. The lowest BCUT2D eigenvalue weighted by Crippen LogP contribution is -2.31. The van der Waals surface area contributed by atoms with Crippen molar-refractivity contribution in [2.75, 3.05) is 25.5 Å². The van der Waals surface area contributed by atoms with E-state index in [4.69, 9.17) is 0 Å². The van der Waals surface area contributed by atoms with E-state index in [9.17, 15) is 9.59 Å². The summed E-state index contributed by atoms with van der Waals surface area (Å²) < 4.78 is 4.55. The van der Waals surface area contributed by atoms with Crippen molar-refractivity contribution in [3.8, 4) is 0 Å². The number of anilines is 1. The van der Waals surface area contributed by atoms with E-state index in [-0.39, 0.29) is 42.0 Å². The Kier molecular flexibility index (Phi) is 5.02. The molecule has 1 unspecified atom stereocenters. The van der Waals surface area contributed by atoms with Crippen molar-refractivity contribution < 1.29 is 14.3 Å². The minimum absolute atomic E-state index is 0. The Morgan fingerprint density at radius 3 is 2.82 bits per heavy atom. The summed E-state index contributed by atoms with van der Waals surface area (Å²) in [5, 5.41) is 12.6. The number of methoxy groups -OCH3 is 1. The van der Waals surface area contributed by atoms with Gasteiger partial charge < -0.3 is 10.1 Å². The zero-order chi connectivity index (χ0) is 14.9. The summed E-state index contributed by atoms with van der Waals surface area (Å²) in [5.41, 5.74) is 0.181. The summed E-state index contributed by atoms with van der Waals surface area (Å²) in [6.45, 7) is 1.96. The van der Waals surface area contributed by atoms with Crippen LogP contribution in [-0.4, -0.2) is 47.3 Å². The first-order valence-corrected chi connectivity index (χ1v) is 7.13. The van der Waals surface area contributed by atoms with Gasteiger partial charge in [0.2, 0.25) is 11.9 Å². The molecule has 1 aliphatic carbocycles. The molecule has 22 heavy (non-hydrogen) atoms. The third kappa shape index (κ3) is 3.38. The Labute approximate surface area is 134 Å². The van der Waals surface area contributed by atoms with Crippen LogP contribution < -0.4 is 10.6 Å². The van der Waals surface area contributed by atoms with Gasteiger partial charge in [-0.25, -0.2) is 0 Å². The Morgan fingerprint density at radius 1 is 1.41 bits per heavy atom. The van der Waals surface area contributed by atoms with Gasteiger partial charge in [0.1, 0.15) is 12.2 Å². The summed E-state index contributed by atoms with van der Waals surface area (Å²) in [7, 11) is 1.31. The minimum atomic E-state index is -0.403. The first-order chi connectivity index (χ1) is 10.1. The van der Waals surface area contributed by atoms with Crippen molar-refractivity contribution in [2.24, 2.45) is 11.3 Å². The second-order valence-corrected chi connectivity index (χ2v) is 5.72. The minimum Gasteiger partial charge on any atom is -0.469 e. The number of carbonyl (C=O) groups excluding carboxylic acids is 2. The molecule has 2 aliphatic rings. The van der Waals surface area contributed by atoms with Gasteiger partial charge in [0.05, 0.1) is 7.11 Å². The molecule has 8 nitrogen and oxygen atoms in total. The van der Waals surface area contributed by atoms with Crippen LogP contribution in [-0.2, 0) is 20.7 Å². The molecule has 1 aromatic rings. The molecule has 1 saturated carbocycles. The maximum absolute atomic E-state index is 12.2. The number of nitrogens with one attached hydrogen (secondary N) is 3. The smallest absolute Gasteiger partial charge is 0.313 e. The number of hydrogen-bond acceptors (Lipinski definition) is 6. The van der Waals surface area contributed by atoms with Gasteiger partial charge in [-0.2, -0.15) is 4.98 Å². The van der Waals surface area contributed by atoms with Crippen LogP contribution in [0.1, 0.15) is 25.1 Å². The average molecular weight is 330 g/mol. The molecular formula is C13H20ClN5O3. The van der Waals surface area contributed by atoms with Crippen LogP contribution in [0.3, 0.4) is 0 Å². The fraction of sp³-hybridized carbons (Fsp3) is 0.692. The number of nitrogens with zero attached hydrogens (tertiary/aromatic N) is 2. The molecule has 0 aromatic carbocycles. The Balaban J connectivity index is 0.00000176. The lowest BCUT2D eigenvalue weighted by molar-refractivity contribution is -0.139. The van der Waals surface area contributed by atoms with Crippen LogP contribution in [0.25, 0.3) is 0 Å². The zero-order valence-corrected chi connectivity index (χ0v) is 13.2. The molecule has 0 bridgehead atoms. The molecule has 2 fully saturated rings. The molecule has 1 atom stereocenters. The second-order valence-electron chi connectivity index (χ2n) is 5.72. The zero-order valence-electron chi connectivity index (χ0n) is 12.3. The summed E-state index contributed by atoms with van der Waals surface area (Å²) in [4.78, 5) is 27.4. The Hall–Kier alpha value is -1.67. The predicted octanol–water partition coefficient (Wildman–Crippen LogP) is 0.270. The van der Waals surface area contributed by atoms with E-state index in [2.05, 4.69) is 30.6 Å². The third-order valence-corrected chi connectivity index (χ3v) is 4.41. The number of carbonyl (C=O) groups is 2. The highest BCUT2D eigenvalue weighted by atomic mass is 35.5. The lowest BCUT2D eigenvalue weighted by atomic mass is 9.92. The summed E-state index contributed by atoms with van der Waals surface area (Å²) in [5.74, 6) is 0.224. The number of rotatable bonds is 4. The molecular weight excluding hydrogens is 310 g/mol. The quantitative estimate of drug-likeness (QED) is 0.684. The molecule has 1 aliphatic heterocycles. The van der Waals surface area contributed by atoms with Crippen molar-refractivity contribution in [2.45, 2.75) is 25.7 Å². The topological polar surface area (TPSA) is 109 Å². The van der Waals surface area contributed by atoms with Gasteiger partial charge >= 0.3 is 5.97 Å². The van der Waals surface area contributed by atoms with Gasteiger partial charge in [0.25, 0.3) is 0 Å². The predicted molar refractivity (Wildman–Crippen MR) is 80.6 cm³/mol. The number of ether oxygens (including phenoxy) is 1. The third-order valence-electron chi connectivity index (χ3n) is 4.41. The molecule has 122 valence electrons. The molecule has 0 radical (unpaired) electrons. The Bertz CT molecular complexity index is 556. The van der Waals surface area contributed by atoms with Crippen molar-refractivity contribution >= 4 is 30.2 Å². The number of halogens is 1. The molecule has 9 heteroatoms. The fourth-order valence-corrected chi connectivity index (χ4v) is 3.03. The van der Waals surface area contributed by atoms with Crippen LogP contribution in [0, 0.1) is 11.3 Å². The number of amides is 1. The summed E-state index contributed by atoms with van der Waals surface area (Å²) in [6, 6.07) is 0. The van der Waals surface area contributed by atoms with Crippen LogP contribution >= 0.6 is 12.4 Å². The maximum atomic E-state index is 12.2. The number of esters is 1. The second kappa shape index (κ2) is 6.62. The van der Waals surface area contributed by atoms with Crippen molar-refractivity contribution in [3.05, 3.63) is 5.82 Å². The highest BCUT2D eigenvalue weighted by Crippen LogP contribution is 2.58. The number of aromatic amines is 1. The van der Waals surface area contributed by atoms with Gasteiger partial charge in [-0.3, -0.25) is 20.0 Å². The van der Waals surface area contributed by atoms with Crippen molar-refractivity contribution in [3.63, 3.8) is 0 Å². The molecule has 2 heterocycles. The van der Waals surface area contributed by atoms with E-state index in [0.29, 0.717) is 5.82 Å². The monoisotopic (exact) mass is 329 g/mol. The van der Waals surface area contributed by atoms with E-state index in [0.717, 1.165) is 32.4 Å². The SMILES string of the molecule is COC(=O)Cc1nc(NC(=O)C2CC23CCNCC3)n[nH]1.Cl. The lowest BCUT2D eigenvalue weighted by Gasteiger charge is -2.22. The van der Waals surface area contributed by atoms with Gasteiger partial charge in [-0.15, -0.1) is 17.5 Å². The highest BCUT2D eigenvalue weighted by Gasteiger charge is 2.57. The van der Waals surface area contributed by atoms with E-state index in [1.54, 1.807) is 0 Å². The molecule has 1 amide bonds. The largest absolute Gasteiger partial charge is 0.469 e. The van der Waals surface area contributed by atoms with E-state index in [1.165, 1.54) is 7.11 Å². The normalized spacial score (nSPS) is 21.8. The molecule has 1 aromatic heterocycles. The molecule has 3 N–H and O–H groups in total. The summed E-state index contributed by atoms with van der Waals surface area (Å²) >= 11 is 0. The maximum Gasteiger partial charge on any atom is 0.313 e. The number of aromatic nitrogens is 3. The molecule has 1 spiro atoms. The van der Waals surface area contributed by atoms with Gasteiger partial charge in [-0.1, -0.05) is 0 Å². The number of hydrogen-bond donors (Lipinski definition) is 3. The van der Waals surface area contributed by atoms with Gasteiger partial charge in [0.15, 0.2) is 0 Å². The van der Waals surface area contributed by atoms with E-state index >= 15 is 0 Å². The Morgan fingerprint density at radius 2 is 2.14 bits per heavy atom. The number of piperidine rings is 1. The van der Waals surface area contributed by atoms with Crippen LogP contribution in [0.2, 0.25) is 0 Å². The average Bonchev–Trinajstić information content (AvgIpc) is 2.99. The number of H-pyrrole nitrogens is 1. The first-order valence-electron chi connectivity index (χ1n) is 7.13. The van der Waals surface area contributed by atoms with Crippen LogP contribution in [0.15, 0.2) is 0 Å².